The predicted molar refractivity (Wildman–Crippen MR) is 173 cm³/mol. The molecule has 2 atom stereocenters. The lowest BCUT2D eigenvalue weighted by Gasteiger charge is -2.26. The molecule has 2 unspecified atom stereocenters. The van der Waals surface area contributed by atoms with Gasteiger partial charge in [-0.05, 0) is 74.6 Å². The lowest BCUT2D eigenvalue weighted by Crippen LogP contribution is -2.35. The molecule has 0 saturated carbocycles. The van der Waals surface area contributed by atoms with Crippen LogP contribution in [0.3, 0.4) is 0 Å². The first-order chi connectivity index (χ1) is 20.8. The lowest BCUT2D eigenvalue weighted by molar-refractivity contribution is -0.132. The van der Waals surface area contributed by atoms with Gasteiger partial charge in [0.05, 0.1) is 38.4 Å². The monoisotopic (exact) mass is 631 g/mol. The van der Waals surface area contributed by atoms with Crippen LogP contribution < -0.4 is 18.9 Å². The Kier molecular flexibility index (Phi) is 13.8. The molecule has 1 amide bonds. The topological polar surface area (TPSA) is 77.5 Å². The van der Waals surface area contributed by atoms with Crippen molar-refractivity contribution in [1.29, 1.82) is 0 Å². The molecular weight excluding hydrogens is 589 g/mol. The molecule has 9 heteroatoms. The summed E-state index contributed by atoms with van der Waals surface area (Å²) in [5, 5.41) is 10.1. The second kappa shape index (κ2) is 17.2. The van der Waals surface area contributed by atoms with Gasteiger partial charge in [-0.15, -0.1) is 0 Å². The van der Waals surface area contributed by atoms with Crippen molar-refractivity contribution in [1.82, 2.24) is 4.90 Å². The van der Waals surface area contributed by atoms with Gasteiger partial charge in [0.15, 0.2) is 0 Å². The third-order valence-corrected chi connectivity index (χ3v) is 8.02. The number of benzene rings is 3. The number of likely N-dealkylation sites (N-methyl/N-ethyl adjacent to an activating group) is 1. The van der Waals surface area contributed by atoms with Gasteiger partial charge in [-0.2, -0.15) is 0 Å². The summed E-state index contributed by atoms with van der Waals surface area (Å²) >= 11 is 12.3. The number of rotatable bonds is 17. The standard InChI is InChI=1S/C34H43Cl2NO6/c1-6-37(7-2)34(39)29(16-18-42-31-15-12-26(35)20-30(31)36)25-11-14-28(33(19-25)41-5)23(3)22-43-27-13-10-24(9-8-17-38)32(21-27)40-4/h10-15,19-21,23,29,38H,6-9,16-18,22H2,1-5H3. The van der Waals surface area contributed by atoms with Crippen molar-refractivity contribution in [2.45, 2.75) is 51.9 Å². The Labute approximate surface area is 265 Å². The van der Waals surface area contributed by atoms with Gasteiger partial charge in [0.25, 0.3) is 0 Å². The number of amides is 1. The maximum Gasteiger partial charge on any atom is 0.230 e. The number of halogens is 2. The first-order valence-corrected chi connectivity index (χ1v) is 15.5. The lowest BCUT2D eigenvalue weighted by atomic mass is 9.91. The van der Waals surface area contributed by atoms with E-state index >= 15 is 0 Å². The highest BCUT2D eigenvalue weighted by atomic mass is 35.5. The van der Waals surface area contributed by atoms with Crippen molar-refractivity contribution >= 4 is 29.1 Å². The molecule has 0 heterocycles. The number of carbonyl (C=O) groups excluding carboxylic acids is 1. The first-order valence-electron chi connectivity index (χ1n) is 14.7. The van der Waals surface area contributed by atoms with Crippen LogP contribution in [0.1, 0.15) is 62.1 Å². The molecular formula is C34H43Cl2NO6. The first kappa shape index (κ1) is 34.4. The molecule has 0 aromatic heterocycles. The summed E-state index contributed by atoms with van der Waals surface area (Å²) in [6.07, 6.45) is 1.87. The largest absolute Gasteiger partial charge is 0.496 e. The zero-order valence-electron chi connectivity index (χ0n) is 25.7. The normalized spacial score (nSPS) is 12.4. The fraction of sp³-hybridized carbons (Fsp3) is 0.441. The van der Waals surface area contributed by atoms with E-state index in [1.165, 1.54) is 0 Å². The number of hydrogen-bond acceptors (Lipinski definition) is 6. The number of aliphatic hydroxyl groups excluding tert-OH is 1. The number of aliphatic hydroxyl groups is 1. The number of ether oxygens (including phenoxy) is 4. The average Bonchev–Trinajstić information content (AvgIpc) is 3.02. The van der Waals surface area contributed by atoms with Gasteiger partial charge in [0.2, 0.25) is 5.91 Å². The van der Waals surface area contributed by atoms with E-state index in [0.29, 0.717) is 66.4 Å². The van der Waals surface area contributed by atoms with Crippen molar-refractivity contribution < 1.29 is 28.8 Å². The molecule has 0 fully saturated rings. The molecule has 0 aliphatic rings. The van der Waals surface area contributed by atoms with Crippen LogP contribution in [0.5, 0.6) is 23.0 Å². The van der Waals surface area contributed by atoms with Crippen LogP contribution in [-0.4, -0.2) is 63.0 Å². The zero-order chi connectivity index (χ0) is 31.4. The van der Waals surface area contributed by atoms with E-state index in [0.717, 1.165) is 28.9 Å². The van der Waals surface area contributed by atoms with Gasteiger partial charge in [0, 0.05) is 42.3 Å². The van der Waals surface area contributed by atoms with Crippen LogP contribution >= 0.6 is 23.2 Å². The molecule has 234 valence electrons. The van der Waals surface area contributed by atoms with E-state index < -0.39 is 5.92 Å². The van der Waals surface area contributed by atoms with E-state index in [1.54, 1.807) is 32.4 Å². The molecule has 0 aliphatic carbocycles. The number of carbonyl (C=O) groups is 1. The molecule has 0 spiro atoms. The van der Waals surface area contributed by atoms with E-state index in [2.05, 4.69) is 6.92 Å². The van der Waals surface area contributed by atoms with Gasteiger partial charge in [0.1, 0.15) is 23.0 Å². The van der Waals surface area contributed by atoms with E-state index in [4.69, 9.17) is 47.3 Å². The van der Waals surface area contributed by atoms with E-state index in [1.807, 2.05) is 55.1 Å². The molecule has 3 aromatic rings. The number of nitrogens with zero attached hydrogens (tertiary/aromatic N) is 1. The number of aryl methyl sites for hydroxylation is 1. The minimum absolute atomic E-state index is 0.0105. The molecule has 0 aliphatic heterocycles. The maximum atomic E-state index is 13.6. The van der Waals surface area contributed by atoms with Gasteiger partial charge in [-0.3, -0.25) is 4.79 Å². The number of methoxy groups -OCH3 is 2. The highest BCUT2D eigenvalue weighted by Crippen LogP contribution is 2.34. The van der Waals surface area contributed by atoms with Crippen LogP contribution in [0.4, 0.5) is 0 Å². The van der Waals surface area contributed by atoms with E-state index in [9.17, 15) is 4.79 Å². The summed E-state index contributed by atoms with van der Waals surface area (Å²) in [6.45, 7) is 8.13. The zero-order valence-corrected chi connectivity index (χ0v) is 27.2. The Balaban J connectivity index is 1.77. The third kappa shape index (κ3) is 9.43. The van der Waals surface area contributed by atoms with Crippen molar-refractivity contribution in [3.63, 3.8) is 0 Å². The fourth-order valence-corrected chi connectivity index (χ4v) is 5.48. The summed E-state index contributed by atoms with van der Waals surface area (Å²) in [5.41, 5.74) is 2.88. The fourth-order valence-electron chi connectivity index (χ4n) is 5.02. The van der Waals surface area contributed by atoms with Crippen LogP contribution in [0, 0.1) is 0 Å². The second-order valence-corrected chi connectivity index (χ2v) is 11.1. The molecule has 3 aromatic carbocycles. The van der Waals surface area contributed by atoms with Crippen LogP contribution in [0.2, 0.25) is 10.0 Å². The van der Waals surface area contributed by atoms with Crippen LogP contribution in [0.15, 0.2) is 54.6 Å². The molecule has 7 nitrogen and oxygen atoms in total. The summed E-state index contributed by atoms with van der Waals surface area (Å²) in [6, 6.07) is 16.8. The molecule has 43 heavy (non-hydrogen) atoms. The average molecular weight is 633 g/mol. The summed E-state index contributed by atoms with van der Waals surface area (Å²) in [5.74, 6) is 2.31. The summed E-state index contributed by atoms with van der Waals surface area (Å²) in [4.78, 5) is 15.4. The van der Waals surface area contributed by atoms with Gasteiger partial charge < -0.3 is 29.0 Å². The Bertz CT molecular complexity index is 1330. The van der Waals surface area contributed by atoms with Crippen molar-refractivity contribution in [3.8, 4) is 23.0 Å². The molecule has 3 rings (SSSR count). The Morgan fingerprint density at radius 3 is 2.30 bits per heavy atom. The Morgan fingerprint density at radius 1 is 0.907 bits per heavy atom. The summed E-state index contributed by atoms with van der Waals surface area (Å²) in [7, 11) is 3.27. The van der Waals surface area contributed by atoms with Gasteiger partial charge in [-0.1, -0.05) is 48.3 Å². The Hall–Kier alpha value is -3.13. The van der Waals surface area contributed by atoms with Crippen LogP contribution in [0.25, 0.3) is 0 Å². The minimum atomic E-state index is -0.419. The van der Waals surface area contributed by atoms with Crippen molar-refractivity contribution in [2.75, 3.05) is 47.1 Å². The SMILES string of the molecule is CCN(CC)C(=O)C(CCOc1ccc(Cl)cc1Cl)c1ccc(C(C)COc2ccc(CCCO)c(OC)c2)c(OC)c1. The quantitative estimate of drug-likeness (QED) is 0.166. The van der Waals surface area contributed by atoms with Crippen molar-refractivity contribution in [2.24, 2.45) is 0 Å². The van der Waals surface area contributed by atoms with Gasteiger partial charge in [-0.25, -0.2) is 0 Å². The van der Waals surface area contributed by atoms with Gasteiger partial charge >= 0.3 is 0 Å². The highest BCUT2D eigenvalue weighted by molar-refractivity contribution is 6.35. The molecule has 1 N–H and O–H groups in total. The maximum absolute atomic E-state index is 13.6. The molecule has 0 bridgehead atoms. The van der Waals surface area contributed by atoms with E-state index in [-0.39, 0.29) is 18.4 Å². The van der Waals surface area contributed by atoms with Crippen LogP contribution in [-0.2, 0) is 11.2 Å². The summed E-state index contributed by atoms with van der Waals surface area (Å²) < 4.78 is 23.4. The third-order valence-electron chi connectivity index (χ3n) is 7.48. The predicted octanol–water partition coefficient (Wildman–Crippen LogP) is 7.54. The smallest absolute Gasteiger partial charge is 0.230 e. The molecule has 0 radical (unpaired) electrons. The number of hydrogen-bond donors (Lipinski definition) is 1. The van der Waals surface area contributed by atoms with Crippen molar-refractivity contribution in [3.05, 3.63) is 81.3 Å². The minimum Gasteiger partial charge on any atom is -0.496 e. The highest BCUT2D eigenvalue weighted by Gasteiger charge is 2.26. The molecule has 0 saturated heterocycles. The Morgan fingerprint density at radius 2 is 1.65 bits per heavy atom. The second-order valence-electron chi connectivity index (χ2n) is 10.3.